The number of esters is 2. The average molecular weight is 492 g/mol. The summed E-state index contributed by atoms with van der Waals surface area (Å²) in [5.41, 5.74) is 1.76. The first-order valence-electron chi connectivity index (χ1n) is 11.2. The molecule has 36 heavy (non-hydrogen) atoms. The summed E-state index contributed by atoms with van der Waals surface area (Å²) in [4.78, 5) is 24.4. The predicted octanol–water partition coefficient (Wildman–Crippen LogP) is 4.55. The molecule has 3 aromatic carbocycles. The number of nitrogens with one attached hydrogen (secondary N) is 1. The Morgan fingerprint density at radius 1 is 1.03 bits per heavy atom. The van der Waals surface area contributed by atoms with Crippen LogP contribution in [0.1, 0.15) is 28.8 Å². The minimum Gasteiger partial charge on any atom is -0.489 e. The van der Waals surface area contributed by atoms with Crippen molar-refractivity contribution < 1.29 is 32.6 Å². The van der Waals surface area contributed by atoms with Crippen molar-refractivity contribution in [2.24, 2.45) is 0 Å². The fourth-order valence-electron chi connectivity index (χ4n) is 3.78. The number of benzene rings is 3. The molecule has 1 heterocycles. The molecule has 0 radical (unpaired) electrons. The molecule has 184 valence electrons. The van der Waals surface area contributed by atoms with E-state index in [0.29, 0.717) is 28.9 Å². The highest BCUT2D eigenvalue weighted by atomic mass is 19.2. The normalized spacial score (nSPS) is 14.6. The van der Waals surface area contributed by atoms with Gasteiger partial charge in [0.25, 0.3) is 0 Å². The van der Waals surface area contributed by atoms with Crippen LogP contribution in [0, 0.1) is 23.0 Å². The summed E-state index contributed by atoms with van der Waals surface area (Å²) in [6, 6.07) is 16.4. The zero-order valence-corrected chi connectivity index (χ0v) is 19.1. The van der Waals surface area contributed by atoms with E-state index in [4.69, 9.17) is 19.5 Å². The van der Waals surface area contributed by atoms with Gasteiger partial charge in [0.2, 0.25) is 0 Å². The number of rotatable bonds is 8. The lowest BCUT2D eigenvalue weighted by molar-refractivity contribution is -0.139. The topological polar surface area (TPSA) is 97.7 Å². The summed E-state index contributed by atoms with van der Waals surface area (Å²) in [6.07, 6.45) is 1.50. The summed E-state index contributed by atoms with van der Waals surface area (Å²) < 4.78 is 43.4. The summed E-state index contributed by atoms with van der Waals surface area (Å²) in [6.45, 7) is 0.552. The van der Waals surface area contributed by atoms with E-state index in [-0.39, 0.29) is 24.5 Å². The second-order valence-corrected chi connectivity index (χ2v) is 8.08. The van der Waals surface area contributed by atoms with Crippen molar-refractivity contribution in [3.8, 4) is 28.7 Å². The Labute approximate surface area is 206 Å². The van der Waals surface area contributed by atoms with Crippen LogP contribution in [-0.4, -0.2) is 31.1 Å². The van der Waals surface area contributed by atoms with Crippen molar-refractivity contribution >= 4 is 11.9 Å². The van der Waals surface area contributed by atoms with Gasteiger partial charge in [-0.3, -0.25) is 0 Å². The standard InChI is InChI=1S/C27H22F2N2O5/c28-22-14-21(25(15-23(22)29)34-12-10-30)18-6-8-20(9-7-18)35-16-17-3-1-4-19(13-17)26(32)36-27(33)24-5-2-11-31-24/h1,3-4,6-9,13-15,24,31H,2,5,11-12,16H2/t24-/m0/s1. The molecule has 0 saturated carbocycles. The Hall–Kier alpha value is -4.29. The quantitative estimate of drug-likeness (QED) is 0.364. The van der Waals surface area contributed by atoms with Crippen LogP contribution in [0.2, 0.25) is 0 Å². The number of nitrogens with zero attached hydrogens (tertiary/aromatic N) is 1. The molecule has 0 aliphatic carbocycles. The van der Waals surface area contributed by atoms with Crippen molar-refractivity contribution in [2.45, 2.75) is 25.5 Å². The van der Waals surface area contributed by atoms with Gasteiger partial charge in [0.05, 0.1) is 5.56 Å². The Morgan fingerprint density at radius 3 is 2.53 bits per heavy atom. The fourth-order valence-corrected chi connectivity index (χ4v) is 3.78. The number of carbonyl (C=O) groups excluding carboxylic acids is 2. The largest absolute Gasteiger partial charge is 0.489 e. The average Bonchev–Trinajstić information content (AvgIpc) is 3.44. The molecule has 3 aromatic rings. The van der Waals surface area contributed by atoms with Gasteiger partial charge in [0.15, 0.2) is 18.2 Å². The molecule has 4 rings (SSSR count). The third-order valence-corrected chi connectivity index (χ3v) is 5.59. The van der Waals surface area contributed by atoms with Crippen LogP contribution in [0.15, 0.2) is 60.7 Å². The van der Waals surface area contributed by atoms with E-state index in [0.717, 1.165) is 25.1 Å². The number of carbonyl (C=O) groups is 2. The molecule has 7 nitrogen and oxygen atoms in total. The summed E-state index contributed by atoms with van der Waals surface area (Å²) >= 11 is 0. The van der Waals surface area contributed by atoms with Gasteiger partial charge in [-0.25, -0.2) is 18.4 Å². The van der Waals surface area contributed by atoms with Crippen molar-refractivity contribution in [1.29, 1.82) is 5.26 Å². The number of ether oxygens (including phenoxy) is 3. The Morgan fingerprint density at radius 2 is 1.81 bits per heavy atom. The highest BCUT2D eigenvalue weighted by molar-refractivity contribution is 5.98. The predicted molar refractivity (Wildman–Crippen MR) is 125 cm³/mol. The molecule has 1 N–H and O–H groups in total. The molecule has 0 unspecified atom stereocenters. The van der Waals surface area contributed by atoms with Crippen LogP contribution in [0.25, 0.3) is 11.1 Å². The summed E-state index contributed by atoms with van der Waals surface area (Å²) in [5, 5.41) is 11.7. The molecule has 1 saturated heterocycles. The molecule has 1 fully saturated rings. The number of nitriles is 1. The van der Waals surface area contributed by atoms with Gasteiger partial charge in [-0.15, -0.1) is 0 Å². The van der Waals surface area contributed by atoms with Crippen LogP contribution >= 0.6 is 0 Å². The fraction of sp³-hybridized carbons (Fsp3) is 0.222. The molecule has 1 atom stereocenters. The minimum absolute atomic E-state index is 0.0509. The molecule has 0 bridgehead atoms. The summed E-state index contributed by atoms with van der Waals surface area (Å²) in [5.74, 6) is -2.86. The van der Waals surface area contributed by atoms with E-state index in [1.54, 1.807) is 54.6 Å². The third kappa shape index (κ3) is 6.03. The molecule has 1 aliphatic rings. The smallest absolute Gasteiger partial charge is 0.345 e. The lowest BCUT2D eigenvalue weighted by atomic mass is 10.0. The molecule has 0 spiro atoms. The first-order valence-corrected chi connectivity index (χ1v) is 11.2. The van der Waals surface area contributed by atoms with Crippen molar-refractivity contribution in [1.82, 2.24) is 5.32 Å². The third-order valence-electron chi connectivity index (χ3n) is 5.59. The molecular weight excluding hydrogens is 470 g/mol. The lowest BCUT2D eigenvalue weighted by Gasteiger charge is -2.12. The maximum atomic E-state index is 13.8. The zero-order chi connectivity index (χ0) is 25.5. The maximum absolute atomic E-state index is 13.8. The van der Waals surface area contributed by atoms with Crippen LogP contribution < -0.4 is 14.8 Å². The van der Waals surface area contributed by atoms with Crippen LogP contribution in [-0.2, 0) is 16.1 Å². The zero-order valence-electron chi connectivity index (χ0n) is 19.1. The van der Waals surface area contributed by atoms with Crippen LogP contribution in [0.4, 0.5) is 8.78 Å². The van der Waals surface area contributed by atoms with Gasteiger partial charge >= 0.3 is 11.9 Å². The number of hydrogen-bond donors (Lipinski definition) is 1. The van der Waals surface area contributed by atoms with Gasteiger partial charge in [0.1, 0.15) is 30.2 Å². The van der Waals surface area contributed by atoms with E-state index in [1.165, 1.54) is 0 Å². The second-order valence-electron chi connectivity index (χ2n) is 8.08. The molecule has 0 amide bonds. The van der Waals surface area contributed by atoms with Crippen LogP contribution in [0.5, 0.6) is 11.5 Å². The number of halogens is 2. The van der Waals surface area contributed by atoms with Gasteiger partial charge in [-0.2, -0.15) is 5.26 Å². The van der Waals surface area contributed by atoms with E-state index in [1.807, 2.05) is 0 Å². The Kier molecular flexibility index (Phi) is 7.88. The highest BCUT2D eigenvalue weighted by Gasteiger charge is 2.26. The van der Waals surface area contributed by atoms with E-state index < -0.39 is 29.6 Å². The van der Waals surface area contributed by atoms with Crippen molar-refractivity contribution in [3.05, 3.63) is 83.4 Å². The van der Waals surface area contributed by atoms with Gasteiger partial charge in [-0.05, 0) is 60.8 Å². The number of hydrogen-bond acceptors (Lipinski definition) is 7. The van der Waals surface area contributed by atoms with E-state index in [9.17, 15) is 18.4 Å². The first-order chi connectivity index (χ1) is 17.4. The van der Waals surface area contributed by atoms with Crippen molar-refractivity contribution in [2.75, 3.05) is 13.2 Å². The van der Waals surface area contributed by atoms with E-state index in [2.05, 4.69) is 5.32 Å². The van der Waals surface area contributed by atoms with Crippen molar-refractivity contribution in [3.63, 3.8) is 0 Å². The molecule has 9 heteroatoms. The van der Waals surface area contributed by atoms with Gasteiger partial charge in [-0.1, -0.05) is 24.3 Å². The van der Waals surface area contributed by atoms with Crippen LogP contribution in [0.3, 0.4) is 0 Å². The van der Waals surface area contributed by atoms with Gasteiger partial charge < -0.3 is 19.5 Å². The Balaban J connectivity index is 1.40. The van der Waals surface area contributed by atoms with Gasteiger partial charge in [0, 0.05) is 11.6 Å². The first kappa shape index (κ1) is 24.8. The van der Waals surface area contributed by atoms with E-state index >= 15 is 0 Å². The molecular formula is C27H22F2N2O5. The minimum atomic E-state index is -1.07. The molecule has 1 aliphatic heterocycles. The highest BCUT2D eigenvalue weighted by Crippen LogP contribution is 2.33. The molecule has 0 aromatic heterocycles. The SMILES string of the molecule is N#CCOc1cc(F)c(F)cc1-c1ccc(OCc2cccc(C(=O)OC(=O)[C@@H]3CCCN3)c2)cc1. The maximum Gasteiger partial charge on any atom is 0.345 e. The lowest BCUT2D eigenvalue weighted by Crippen LogP contribution is -2.33. The summed E-state index contributed by atoms with van der Waals surface area (Å²) in [7, 11) is 0. The Bertz CT molecular complexity index is 1300. The second kappa shape index (κ2) is 11.4. The monoisotopic (exact) mass is 492 g/mol.